The summed E-state index contributed by atoms with van der Waals surface area (Å²) in [4.78, 5) is 28.4. The predicted octanol–water partition coefficient (Wildman–Crippen LogP) is 3.09. The Hall–Kier alpha value is -1.60. The van der Waals surface area contributed by atoms with E-state index in [1.807, 2.05) is 38.1 Å². The lowest BCUT2D eigenvalue weighted by molar-refractivity contribution is -0.146. The average molecular weight is 352 g/mol. The lowest BCUT2D eigenvalue weighted by Crippen LogP contribution is -2.46. The van der Waals surface area contributed by atoms with Crippen LogP contribution in [-0.2, 0) is 14.3 Å². The molecule has 0 unspecified atom stereocenters. The highest BCUT2D eigenvalue weighted by Gasteiger charge is 2.26. The van der Waals surface area contributed by atoms with Crippen molar-refractivity contribution in [1.29, 1.82) is 0 Å². The largest absolute Gasteiger partial charge is 0.467 e. The molecule has 2 rings (SSSR count). The van der Waals surface area contributed by atoms with Crippen LogP contribution in [0.15, 0.2) is 28.6 Å². The second-order valence-electron chi connectivity index (χ2n) is 5.19. The molecule has 23 heavy (non-hydrogen) atoms. The van der Waals surface area contributed by atoms with E-state index in [0.29, 0.717) is 0 Å². The molecule has 7 heteroatoms. The van der Waals surface area contributed by atoms with E-state index in [-0.39, 0.29) is 17.6 Å². The van der Waals surface area contributed by atoms with Gasteiger partial charge in [-0.25, -0.2) is 9.78 Å². The second-order valence-corrected chi connectivity index (χ2v) is 7.44. The molecule has 124 valence electrons. The molecule has 0 fully saturated rings. The highest BCUT2D eigenvalue weighted by Crippen LogP contribution is 2.29. The number of hydrogen-bond donors (Lipinski definition) is 1. The maximum Gasteiger partial charge on any atom is 0.328 e. The zero-order valence-corrected chi connectivity index (χ0v) is 15.0. The van der Waals surface area contributed by atoms with Crippen LogP contribution in [0.2, 0.25) is 0 Å². The Kier molecular flexibility index (Phi) is 6.41. The van der Waals surface area contributed by atoms with E-state index in [1.165, 1.54) is 18.9 Å². The minimum absolute atomic E-state index is 0.0267. The van der Waals surface area contributed by atoms with E-state index in [9.17, 15) is 9.59 Å². The van der Waals surface area contributed by atoms with E-state index in [2.05, 4.69) is 10.3 Å². The Morgan fingerprint density at radius 1 is 1.39 bits per heavy atom. The number of thioether (sulfide) groups is 1. The number of para-hydroxylation sites is 1. The molecule has 1 aromatic carbocycles. The summed E-state index contributed by atoms with van der Waals surface area (Å²) in [5.74, 6) is -0.342. The summed E-state index contributed by atoms with van der Waals surface area (Å²) in [6.07, 6.45) is 0.783. The monoisotopic (exact) mass is 352 g/mol. The van der Waals surface area contributed by atoms with Crippen molar-refractivity contribution >= 4 is 45.2 Å². The number of fused-ring (bicyclic) bond motifs is 1. The summed E-state index contributed by atoms with van der Waals surface area (Å²) >= 11 is 2.94. The Balaban J connectivity index is 1.94. The minimum atomic E-state index is -0.603. The van der Waals surface area contributed by atoms with Crippen LogP contribution < -0.4 is 5.32 Å². The SMILES string of the molecule is CC[C@H](C)[C@@H](NC(=O)CSc1nc2ccccc2s1)C(=O)OC. The fourth-order valence-corrected chi connectivity index (χ4v) is 3.93. The lowest BCUT2D eigenvalue weighted by Gasteiger charge is -2.21. The van der Waals surface area contributed by atoms with E-state index in [4.69, 9.17) is 4.74 Å². The first-order chi connectivity index (χ1) is 11.0. The Morgan fingerprint density at radius 2 is 2.13 bits per heavy atom. The zero-order valence-electron chi connectivity index (χ0n) is 13.4. The number of thiazole rings is 1. The van der Waals surface area contributed by atoms with Crippen molar-refractivity contribution in [3.63, 3.8) is 0 Å². The lowest BCUT2D eigenvalue weighted by atomic mass is 9.99. The number of carbonyl (C=O) groups is 2. The molecule has 1 aromatic heterocycles. The molecule has 2 atom stereocenters. The first-order valence-electron chi connectivity index (χ1n) is 7.40. The molecule has 0 aliphatic rings. The molecule has 2 aromatic rings. The van der Waals surface area contributed by atoms with Gasteiger partial charge in [0.25, 0.3) is 0 Å². The van der Waals surface area contributed by atoms with Crippen LogP contribution in [0.1, 0.15) is 20.3 Å². The van der Waals surface area contributed by atoms with Gasteiger partial charge in [-0.2, -0.15) is 0 Å². The number of aromatic nitrogens is 1. The molecule has 0 spiro atoms. The maximum atomic E-state index is 12.1. The molecule has 5 nitrogen and oxygen atoms in total. The Bertz CT molecular complexity index is 654. The second kappa shape index (κ2) is 8.31. The number of benzene rings is 1. The van der Waals surface area contributed by atoms with Gasteiger partial charge in [-0.3, -0.25) is 4.79 Å². The van der Waals surface area contributed by atoms with Gasteiger partial charge in [-0.15, -0.1) is 11.3 Å². The smallest absolute Gasteiger partial charge is 0.328 e. The van der Waals surface area contributed by atoms with Crippen molar-refractivity contribution < 1.29 is 14.3 Å². The summed E-state index contributed by atoms with van der Waals surface area (Å²) in [5, 5.41) is 2.76. The number of nitrogens with one attached hydrogen (secondary N) is 1. The molecule has 0 aliphatic carbocycles. The van der Waals surface area contributed by atoms with E-state index in [0.717, 1.165) is 21.0 Å². The van der Waals surface area contributed by atoms with Gasteiger partial charge >= 0.3 is 5.97 Å². The van der Waals surface area contributed by atoms with Gasteiger partial charge in [0.1, 0.15) is 6.04 Å². The van der Waals surface area contributed by atoms with Gasteiger partial charge < -0.3 is 10.1 Å². The van der Waals surface area contributed by atoms with Gasteiger partial charge in [0, 0.05) is 0 Å². The Labute approximate surface area is 143 Å². The van der Waals surface area contributed by atoms with Crippen LogP contribution in [0, 0.1) is 5.92 Å². The fraction of sp³-hybridized carbons (Fsp3) is 0.438. The number of carbonyl (C=O) groups excluding carboxylic acids is 2. The molecular formula is C16H20N2O3S2. The normalized spacial score (nSPS) is 13.5. The number of ether oxygens (including phenoxy) is 1. The summed E-state index contributed by atoms with van der Waals surface area (Å²) < 4.78 is 6.71. The third-order valence-corrected chi connectivity index (χ3v) is 5.76. The number of hydrogen-bond acceptors (Lipinski definition) is 6. The molecule has 1 heterocycles. The van der Waals surface area contributed by atoms with Gasteiger partial charge in [0.15, 0.2) is 4.34 Å². The van der Waals surface area contributed by atoms with Crippen LogP contribution in [0.3, 0.4) is 0 Å². The molecule has 0 bridgehead atoms. The van der Waals surface area contributed by atoms with Crippen molar-refractivity contribution in [2.45, 2.75) is 30.6 Å². The van der Waals surface area contributed by atoms with Crippen LogP contribution >= 0.6 is 23.1 Å². The molecular weight excluding hydrogens is 332 g/mol. The van der Waals surface area contributed by atoms with Crippen molar-refractivity contribution in [1.82, 2.24) is 10.3 Å². The van der Waals surface area contributed by atoms with Crippen molar-refractivity contribution in [2.24, 2.45) is 5.92 Å². The summed E-state index contributed by atoms with van der Waals surface area (Å²) in [5.41, 5.74) is 0.937. The first-order valence-corrected chi connectivity index (χ1v) is 9.21. The fourth-order valence-electron chi connectivity index (χ4n) is 2.05. The van der Waals surface area contributed by atoms with E-state index >= 15 is 0 Å². The number of nitrogens with zero attached hydrogens (tertiary/aromatic N) is 1. The van der Waals surface area contributed by atoms with Crippen molar-refractivity contribution in [3.05, 3.63) is 24.3 Å². The van der Waals surface area contributed by atoms with E-state index in [1.54, 1.807) is 11.3 Å². The molecule has 1 amide bonds. The third-order valence-electron chi connectivity index (χ3n) is 3.59. The molecule has 1 N–H and O–H groups in total. The third kappa shape index (κ3) is 4.68. The van der Waals surface area contributed by atoms with Crippen LogP contribution in [0.5, 0.6) is 0 Å². The number of methoxy groups -OCH3 is 1. The molecule has 0 saturated carbocycles. The first kappa shape index (κ1) is 17.7. The summed E-state index contributed by atoms with van der Waals surface area (Å²) in [7, 11) is 1.33. The standard InChI is InChI=1S/C16H20N2O3S2/c1-4-10(2)14(15(20)21-3)18-13(19)9-22-16-17-11-7-5-6-8-12(11)23-16/h5-8,10,14H,4,9H2,1-3H3,(H,18,19)/t10-,14+/m0/s1. The van der Waals surface area contributed by atoms with Gasteiger partial charge in [0.2, 0.25) is 5.91 Å². The van der Waals surface area contributed by atoms with Gasteiger partial charge in [0.05, 0.1) is 23.1 Å². The molecule has 0 radical (unpaired) electrons. The number of esters is 1. The zero-order chi connectivity index (χ0) is 16.8. The average Bonchev–Trinajstić information content (AvgIpc) is 2.99. The van der Waals surface area contributed by atoms with E-state index < -0.39 is 12.0 Å². The van der Waals surface area contributed by atoms with Crippen LogP contribution in [0.25, 0.3) is 10.2 Å². The number of amides is 1. The minimum Gasteiger partial charge on any atom is -0.467 e. The quantitative estimate of drug-likeness (QED) is 0.612. The van der Waals surface area contributed by atoms with Crippen LogP contribution in [0.4, 0.5) is 0 Å². The molecule has 0 saturated heterocycles. The molecule has 0 aliphatic heterocycles. The summed E-state index contributed by atoms with van der Waals surface area (Å²) in [6.45, 7) is 3.89. The Morgan fingerprint density at radius 3 is 2.78 bits per heavy atom. The highest BCUT2D eigenvalue weighted by molar-refractivity contribution is 8.01. The predicted molar refractivity (Wildman–Crippen MR) is 93.7 cm³/mol. The topological polar surface area (TPSA) is 68.3 Å². The van der Waals surface area contributed by atoms with Gasteiger partial charge in [-0.1, -0.05) is 44.2 Å². The summed E-state index contributed by atoms with van der Waals surface area (Å²) in [6, 6.07) is 7.26. The highest BCUT2D eigenvalue weighted by atomic mass is 32.2. The van der Waals surface area contributed by atoms with Crippen molar-refractivity contribution in [2.75, 3.05) is 12.9 Å². The maximum absolute atomic E-state index is 12.1. The van der Waals surface area contributed by atoms with Crippen molar-refractivity contribution in [3.8, 4) is 0 Å². The van der Waals surface area contributed by atoms with Gasteiger partial charge in [-0.05, 0) is 18.1 Å². The van der Waals surface area contributed by atoms with Crippen LogP contribution in [-0.4, -0.2) is 35.8 Å². The number of rotatable bonds is 7.